The van der Waals surface area contributed by atoms with Gasteiger partial charge in [-0.05, 0) is 26.7 Å². The van der Waals surface area contributed by atoms with Crippen molar-refractivity contribution in [1.29, 1.82) is 0 Å². The summed E-state index contributed by atoms with van der Waals surface area (Å²) >= 11 is 0. The minimum absolute atomic E-state index is 0.245. The predicted molar refractivity (Wildman–Crippen MR) is 73.5 cm³/mol. The van der Waals surface area contributed by atoms with Gasteiger partial charge in [0.25, 0.3) is 0 Å². The monoisotopic (exact) mass is 242 g/mol. The van der Waals surface area contributed by atoms with Gasteiger partial charge in [-0.25, -0.2) is 0 Å². The van der Waals surface area contributed by atoms with Crippen molar-refractivity contribution in [3.05, 3.63) is 0 Å². The molecule has 0 radical (unpaired) electrons. The molecule has 1 saturated heterocycles. The molecule has 1 atom stereocenters. The van der Waals surface area contributed by atoms with Crippen LogP contribution in [0.4, 0.5) is 0 Å². The Morgan fingerprint density at radius 3 is 2.71 bits per heavy atom. The van der Waals surface area contributed by atoms with E-state index in [4.69, 9.17) is 4.74 Å². The van der Waals surface area contributed by atoms with Gasteiger partial charge in [0.1, 0.15) is 0 Å². The first-order valence-corrected chi connectivity index (χ1v) is 7.16. The highest BCUT2D eigenvalue weighted by Gasteiger charge is 2.30. The molecule has 3 nitrogen and oxygen atoms in total. The molecule has 0 aromatic heterocycles. The van der Waals surface area contributed by atoms with E-state index in [9.17, 15) is 0 Å². The van der Waals surface area contributed by atoms with Gasteiger partial charge in [0.05, 0.1) is 6.61 Å². The van der Waals surface area contributed by atoms with Gasteiger partial charge in [0.15, 0.2) is 0 Å². The molecule has 1 aliphatic heterocycles. The molecule has 0 aromatic rings. The molecule has 0 aliphatic carbocycles. The Morgan fingerprint density at radius 2 is 2.06 bits per heavy atom. The van der Waals surface area contributed by atoms with Crippen LogP contribution in [0.3, 0.4) is 0 Å². The fraction of sp³-hybridized carbons (Fsp3) is 1.00. The summed E-state index contributed by atoms with van der Waals surface area (Å²) in [5.41, 5.74) is 0.245. The van der Waals surface area contributed by atoms with Crippen LogP contribution in [-0.2, 0) is 4.74 Å². The summed E-state index contributed by atoms with van der Waals surface area (Å²) in [6, 6.07) is 0.679. The molecule has 17 heavy (non-hydrogen) atoms. The quantitative estimate of drug-likeness (QED) is 0.693. The summed E-state index contributed by atoms with van der Waals surface area (Å²) in [7, 11) is 0. The minimum Gasteiger partial charge on any atom is -0.380 e. The number of nitrogens with zero attached hydrogens (tertiary/aromatic N) is 1. The van der Waals surface area contributed by atoms with E-state index in [1.165, 1.54) is 19.3 Å². The van der Waals surface area contributed by atoms with Gasteiger partial charge in [-0.2, -0.15) is 0 Å². The van der Waals surface area contributed by atoms with E-state index in [0.29, 0.717) is 6.04 Å². The molecule has 0 amide bonds. The van der Waals surface area contributed by atoms with Crippen molar-refractivity contribution < 1.29 is 4.74 Å². The first kappa shape index (κ1) is 14.9. The van der Waals surface area contributed by atoms with Gasteiger partial charge in [-0.1, -0.05) is 20.3 Å². The Hall–Kier alpha value is -0.120. The fourth-order valence-corrected chi connectivity index (χ4v) is 2.41. The number of hydrogen-bond donors (Lipinski definition) is 1. The Balaban J connectivity index is 2.27. The van der Waals surface area contributed by atoms with E-state index in [1.54, 1.807) is 0 Å². The Kier molecular flexibility index (Phi) is 6.45. The predicted octanol–water partition coefficient (Wildman–Crippen LogP) is 2.27. The number of rotatable bonds is 7. The van der Waals surface area contributed by atoms with Gasteiger partial charge in [-0.3, -0.25) is 4.90 Å². The van der Waals surface area contributed by atoms with Gasteiger partial charge in [-0.15, -0.1) is 0 Å². The maximum absolute atomic E-state index is 5.68. The zero-order valence-corrected chi connectivity index (χ0v) is 12.1. The van der Waals surface area contributed by atoms with Crippen molar-refractivity contribution in [1.82, 2.24) is 10.2 Å². The zero-order valence-electron chi connectivity index (χ0n) is 12.1. The van der Waals surface area contributed by atoms with E-state index >= 15 is 0 Å². The van der Waals surface area contributed by atoms with Crippen molar-refractivity contribution in [2.24, 2.45) is 0 Å². The van der Waals surface area contributed by atoms with Crippen molar-refractivity contribution in [2.75, 3.05) is 32.8 Å². The Morgan fingerprint density at radius 1 is 1.29 bits per heavy atom. The van der Waals surface area contributed by atoms with E-state index in [0.717, 1.165) is 32.8 Å². The van der Waals surface area contributed by atoms with Gasteiger partial charge < -0.3 is 10.1 Å². The molecular weight excluding hydrogens is 212 g/mol. The number of ether oxygens (including phenoxy) is 1. The molecule has 1 unspecified atom stereocenters. The summed E-state index contributed by atoms with van der Waals surface area (Å²) in [5, 5.41) is 3.62. The highest BCUT2D eigenvalue weighted by Crippen LogP contribution is 2.16. The molecular formula is C14H30N2O. The second-order valence-corrected chi connectivity index (χ2v) is 5.76. The molecule has 0 saturated carbocycles. The van der Waals surface area contributed by atoms with Gasteiger partial charge >= 0.3 is 0 Å². The van der Waals surface area contributed by atoms with E-state index in [2.05, 4.69) is 37.9 Å². The normalized spacial score (nSPS) is 25.1. The molecule has 1 heterocycles. The largest absolute Gasteiger partial charge is 0.380 e. The lowest BCUT2D eigenvalue weighted by Gasteiger charge is -2.44. The lowest BCUT2D eigenvalue weighted by molar-refractivity contribution is 0.0474. The van der Waals surface area contributed by atoms with Crippen LogP contribution in [0.2, 0.25) is 0 Å². The fourth-order valence-electron chi connectivity index (χ4n) is 2.41. The van der Waals surface area contributed by atoms with Crippen LogP contribution >= 0.6 is 0 Å². The lowest BCUT2D eigenvalue weighted by Crippen LogP contribution is -2.61. The highest BCUT2D eigenvalue weighted by atomic mass is 16.5. The number of hydrogen-bond acceptors (Lipinski definition) is 3. The molecule has 0 spiro atoms. The van der Waals surface area contributed by atoms with Crippen LogP contribution in [0, 0.1) is 0 Å². The number of piperazine rings is 1. The number of unbranched alkanes of at least 4 members (excludes halogenated alkanes) is 1. The third-order valence-corrected chi connectivity index (χ3v) is 3.57. The molecule has 0 bridgehead atoms. The van der Waals surface area contributed by atoms with Crippen molar-refractivity contribution in [3.8, 4) is 0 Å². The maximum atomic E-state index is 5.68. The molecule has 1 fully saturated rings. The number of nitrogens with one attached hydrogen (secondary N) is 1. The Bertz CT molecular complexity index is 206. The topological polar surface area (TPSA) is 24.5 Å². The third kappa shape index (κ3) is 5.36. The van der Waals surface area contributed by atoms with Crippen LogP contribution in [-0.4, -0.2) is 49.3 Å². The standard InChI is InChI=1S/C14H30N2O/c1-5-7-9-17-10-8-16-12-14(3,4)15-11-13(16)6-2/h13,15H,5-12H2,1-4H3. The van der Waals surface area contributed by atoms with Crippen molar-refractivity contribution in [3.63, 3.8) is 0 Å². The van der Waals surface area contributed by atoms with Gasteiger partial charge in [0, 0.05) is 37.8 Å². The summed E-state index contributed by atoms with van der Waals surface area (Å²) < 4.78 is 5.68. The highest BCUT2D eigenvalue weighted by molar-refractivity contribution is 4.91. The van der Waals surface area contributed by atoms with E-state index in [-0.39, 0.29) is 5.54 Å². The average Bonchev–Trinajstić information content (AvgIpc) is 2.28. The van der Waals surface area contributed by atoms with Crippen LogP contribution in [0.25, 0.3) is 0 Å². The van der Waals surface area contributed by atoms with Crippen molar-refractivity contribution >= 4 is 0 Å². The average molecular weight is 242 g/mol. The zero-order chi connectivity index (χ0) is 12.7. The van der Waals surface area contributed by atoms with Crippen molar-refractivity contribution in [2.45, 2.75) is 58.5 Å². The lowest BCUT2D eigenvalue weighted by atomic mass is 9.98. The maximum Gasteiger partial charge on any atom is 0.0593 e. The summed E-state index contributed by atoms with van der Waals surface area (Å²) in [6.07, 6.45) is 3.63. The molecule has 102 valence electrons. The Labute approximate surface area is 107 Å². The van der Waals surface area contributed by atoms with E-state index < -0.39 is 0 Å². The summed E-state index contributed by atoms with van der Waals surface area (Å²) in [6.45, 7) is 14.2. The van der Waals surface area contributed by atoms with Crippen LogP contribution in [0.15, 0.2) is 0 Å². The van der Waals surface area contributed by atoms with Crippen LogP contribution in [0.1, 0.15) is 47.0 Å². The second kappa shape index (κ2) is 7.34. The molecule has 0 aromatic carbocycles. The van der Waals surface area contributed by atoms with Crippen LogP contribution < -0.4 is 5.32 Å². The minimum atomic E-state index is 0.245. The first-order chi connectivity index (χ1) is 8.09. The second-order valence-electron chi connectivity index (χ2n) is 5.76. The molecule has 1 rings (SSSR count). The SMILES string of the molecule is CCCCOCCN1CC(C)(C)NCC1CC. The summed E-state index contributed by atoms with van der Waals surface area (Å²) in [5.74, 6) is 0. The molecule has 3 heteroatoms. The smallest absolute Gasteiger partial charge is 0.0593 e. The first-order valence-electron chi connectivity index (χ1n) is 7.16. The summed E-state index contributed by atoms with van der Waals surface area (Å²) in [4.78, 5) is 2.59. The van der Waals surface area contributed by atoms with E-state index in [1.807, 2.05) is 0 Å². The molecule has 1 aliphatic rings. The molecule has 1 N–H and O–H groups in total. The third-order valence-electron chi connectivity index (χ3n) is 3.57. The van der Waals surface area contributed by atoms with Crippen LogP contribution in [0.5, 0.6) is 0 Å². The van der Waals surface area contributed by atoms with Gasteiger partial charge in [0.2, 0.25) is 0 Å².